The summed E-state index contributed by atoms with van der Waals surface area (Å²) in [6.45, 7) is 4.26. The van der Waals surface area contributed by atoms with Gasteiger partial charge in [0.15, 0.2) is 4.90 Å². The fourth-order valence-corrected chi connectivity index (χ4v) is 4.28. The standard InChI is InChI=1S/C16H26N2O5S/c1-16(5-7-17-8-6-16)11-18-24(19,20)15-13(22-3)9-12(21-2)10-14(15)23-4/h9-10,17-18H,5-8,11H2,1-4H3. The lowest BCUT2D eigenvalue weighted by Crippen LogP contribution is -2.42. The van der Waals surface area contributed by atoms with Crippen LogP contribution in [-0.4, -0.2) is 49.4 Å². The van der Waals surface area contributed by atoms with Crippen molar-refractivity contribution in [1.29, 1.82) is 0 Å². The second kappa shape index (κ2) is 7.58. The van der Waals surface area contributed by atoms with Crippen molar-refractivity contribution in [3.8, 4) is 17.2 Å². The molecule has 0 spiro atoms. The molecule has 1 saturated heterocycles. The van der Waals surface area contributed by atoms with Crippen molar-refractivity contribution in [1.82, 2.24) is 10.0 Å². The number of ether oxygens (including phenoxy) is 3. The first-order valence-electron chi connectivity index (χ1n) is 7.85. The third kappa shape index (κ3) is 4.12. The molecule has 0 aliphatic carbocycles. The van der Waals surface area contributed by atoms with Crippen molar-refractivity contribution in [2.24, 2.45) is 5.41 Å². The van der Waals surface area contributed by atoms with Gasteiger partial charge in [0.25, 0.3) is 0 Å². The van der Waals surface area contributed by atoms with Crippen LogP contribution >= 0.6 is 0 Å². The largest absolute Gasteiger partial charge is 0.496 e. The summed E-state index contributed by atoms with van der Waals surface area (Å²) in [5.74, 6) is 0.844. The van der Waals surface area contributed by atoms with Gasteiger partial charge >= 0.3 is 0 Å². The molecule has 2 rings (SSSR count). The molecule has 1 fully saturated rings. The van der Waals surface area contributed by atoms with Crippen molar-refractivity contribution in [2.45, 2.75) is 24.7 Å². The Kier molecular flexibility index (Phi) is 5.95. The van der Waals surface area contributed by atoms with Crippen LogP contribution in [0.2, 0.25) is 0 Å². The average molecular weight is 358 g/mol. The van der Waals surface area contributed by atoms with Gasteiger partial charge in [-0.05, 0) is 31.3 Å². The minimum absolute atomic E-state index is 0.00849. The maximum atomic E-state index is 12.8. The summed E-state index contributed by atoms with van der Waals surface area (Å²) >= 11 is 0. The summed E-state index contributed by atoms with van der Waals surface area (Å²) in [5, 5.41) is 3.29. The monoisotopic (exact) mass is 358 g/mol. The molecule has 0 aromatic heterocycles. The highest BCUT2D eigenvalue weighted by molar-refractivity contribution is 7.89. The average Bonchev–Trinajstić information content (AvgIpc) is 2.59. The van der Waals surface area contributed by atoms with Crippen LogP contribution in [0.4, 0.5) is 0 Å². The third-order valence-corrected chi connectivity index (χ3v) is 5.90. The van der Waals surface area contributed by atoms with Crippen molar-refractivity contribution >= 4 is 10.0 Å². The molecule has 2 N–H and O–H groups in total. The van der Waals surface area contributed by atoms with Crippen molar-refractivity contribution in [2.75, 3.05) is 41.0 Å². The Hall–Kier alpha value is -1.51. The van der Waals surface area contributed by atoms with E-state index in [1.165, 1.54) is 33.5 Å². The number of methoxy groups -OCH3 is 3. The predicted molar refractivity (Wildman–Crippen MR) is 91.5 cm³/mol. The summed E-state index contributed by atoms with van der Waals surface area (Å²) in [4.78, 5) is -0.00849. The van der Waals surface area contributed by atoms with Gasteiger partial charge in [-0.15, -0.1) is 0 Å². The van der Waals surface area contributed by atoms with Gasteiger partial charge in [-0.1, -0.05) is 6.92 Å². The number of hydrogen-bond donors (Lipinski definition) is 2. The SMILES string of the molecule is COc1cc(OC)c(S(=O)(=O)NCC2(C)CCNCC2)c(OC)c1. The van der Waals surface area contributed by atoms with E-state index in [-0.39, 0.29) is 21.8 Å². The highest BCUT2D eigenvalue weighted by atomic mass is 32.2. The zero-order chi connectivity index (χ0) is 17.8. The highest BCUT2D eigenvalue weighted by Crippen LogP contribution is 2.38. The van der Waals surface area contributed by atoms with Crippen LogP contribution < -0.4 is 24.2 Å². The Morgan fingerprint density at radius 1 is 1.08 bits per heavy atom. The third-order valence-electron chi connectivity index (χ3n) is 4.44. The maximum Gasteiger partial charge on any atom is 0.247 e. The van der Waals surface area contributed by atoms with Gasteiger partial charge < -0.3 is 19.5 Å². The topological polar surface area (TPSA) is 85.9 Å². The molecule has 0 unspecified atom stereocenters. The van der Waals surface area contributed by atoms with E-state index in [4.69, 9.17) is 14.2 Å². The molecule has 1 aromatic rings. The molecule has 1 aliphatic heterocycles. The zero-order valence-electron chi connectivity index (χ0n) is 14.6. The van der Waals surface area contributed by atoms with E-state index in [9.17, 15) is 8.42 Å². The Balaban J connectivity index is 2.31. The lowest BCUT2D eigenvalue weighted by molar-refractivity contribution is 0.232. The van der Waals surface area contributed by atoms with Gasteiger partial charge in [-0.2, -0.15) is 0 Å². The summed E-state index contributed by atoms with van der Waals surface area (Å²) in [7, 11) is 0.550. The molecule has 0 radical (unpaired) electrons. The summed E-state index contributed by atoms with van der Waals surface area (Å²) < 4.78 is 44.1. The molecule has 0 saturated carbocycles. The van der Waals surface area contributed by atoms with Crippen LogP contribution in [0.3, 0.4) is 0 Å². The highest BCUT2D eigenvalue weighted by Gasteiger charge is 2.31. The molecule has 0 amide bonds. The maximum absolute atomic E-state index is 12.8. The summed E-state index contributed by atoms with van der Waals surface area (Å²) in [6, 6.07) is 3.06. The Bertz CT molecular complexity index is 644. The first kappa shape index (κ1) is 18.8. The van der Waals surface area contributed by atoms with E-state index in [1.54, 1.807) is 0 Å². The number of benzene rings is 1. The van der Waals surface area contributed by atoms with E-state index < -0.39 is 10.0 Å². The molecular weight excluding hydrogens is 332 g/mol. The lowest BCUT2D eigenvalue weighted by Gasteiger charge is -2.34. The first-order valence-corrected chi connectivity index (χ1v) is 9.34. The van der Waals surface area contributed by atoms with E-state index in [2.05, 4.69) is 17.0 Å². The van der Waals surface area contributed by atoms with Gasteiger partial charge in [0.05, 0.1) is 21.3 Å². The van der Waals surface area contributed by atoms with Crippen molar-refractivity contribution < 1.29 is 22.6 Å². The quantitative estimate of drug-likeness (QED) is 0.766. The fourth-order valence-electron chi connectivity index (χ4n) is 2.79. The minimum atomic E-state index is -3.78. The van der Waals surface area contributed by atoms with Crippen molar-refractivity contribution in [3.05, 3.63) is 12.1 Å². The minimum Gasteiger partial charge on any atom is -0.496 e. The van der Waals surface area contributed by atoms with Crippen molar-refractivity contribution in [3.63, 3.8) is 0 Å². The predicted octanol–water partition coefficient (Wildman–Crippen LogP) is 1.38. The fraction of sp³-hybridized carbons (Fsp3) is 0.625. The van der Waals surface area contributed by atoms with Gasteiger partial charge in [-0.25, -0.2) is 13.1 Å². The van der Waals surface area contributed by atoms with Crippen LogP contribution in [-0.2, 0) is 10.0 Å². The molecule has 0 bridgehead atoms. The molecule has 8 heteroatoms. The van der Waals surface area contributed by atoms with Crippen LogP contribution in [0.1, 0.15) is 19.8 Å². The second-order valence-electron chi connectivity index (χ2n) is 6.25. The van der Waals surface area contributed by atoms with Gasteiger partial charge in [0.2, 0.25) is 10.0 Å². The van der Waals surface area contributed by atoms with E-state index in [1.807, 2.05) is 0 Å². The number of rotatable bonds is 7. The molecule has 136 valence electrons. The Morgan fingerprint density at radius 2 is 1.62 bits per heavy atom. The van der Waals surface area contributed by atoms with Gasteiger partial charge in [0, 0.05) is 18.7 Å². The zero-order valence-corrected chi connectivity index (χ0v) is 15.5. The molecule has 1 aliphatic rings. The molecule has 0 atom stereocenters. The second-order valence-corrected chi connectivity index (χ2v) is 7.95. The van der Waals surface area contributed by atoms with E-state index >= 15 is 0 Å². The summed E-state index contributed by atoms with van der Waals surface area (Å²) in [5.41, 5.74) is -0.0642. The first-order chi connectivity index (χ1) is 11.3. The van der Waals surface area contributed by atoms with Crippen LogP contribution in [0, 0.1) is 5.41 Å². The van der Waals surface area contributed by atoms with E-state index in [0.29, 0.717) is 12.3 Å². The molecule has 7 nitrogen and oxygen atoms in total. The molecule has 24 heavy (non-hydrogen) atoms. The Labute approximate surface area is 143 Å². The van der Waals surface area contributed by atoms with Crippen LogP contribution in [0.15, 0.2) is 17.0 Å². The number of piperidine rings is 1. The van der Waals surface area contributed by atoms with Crippen LogP contribution in [0.25, 0.3) is 0 Å². The van der Waals surface area contributed by atoms with E-state index in [0.717, 1.165) is 25.9 Å². The number of sulfonamides is 1. The van der Waals surface area contributed by atoms with Gasteiger partial charge in [0.1, 0.15) is 17.2 Å². The number of nitrogens with one attached hydrogen (secondary N) is 2. The molecule has 1 aromatic carbocycles. The lowest BCUT2D eigenvalue weighted by atomic mass is 9.81. The van der Waals surface area contributed by atoms with Gasteiger partial charge in [-0.3, -0.25) is 0 Å². The smallest absolute Gasteiger partial charge is 0.247 e. The molecular formula is C16H26N2O5S. The molecule has 1 heterocycles. The number of hydrogen-bond acceptors (Lipinski definition) is 6. The Morgan fingerprint density at radius 3 is 2.08 bits per heavy atom. The summed E-state index contributed by atoms with van der Waals surface area (Å²) in [6.07, 6.45) is 1.85. The van der Waals surface area contributed by atoms with Crippen LogP contribution in [0.5, 0.6) is 17.2 Å². The normalized spacial score (nSPS) is 17.3.